The lowest BCUT2D eigenvalue weighted by Crippen LogP contribution is -2.30. The number of benzene rings is 1. The summed E-state index contributed by atoms with van der Waals surface area (Å²) in [5, 5.41) is 11.3. The van der Waals surface area contributed by atoms with Gasteiger partial charge in [-0.1, -0.05) is 51.1 Å². The quantitative estimate of drug-likeness (QED) is 0.838. The first-order valence-corrected chi connectivity index (χ1v) is 8.39. The fraction of sp³-hybridized carbons (Fsp3) is 0.421. The summed E-state index contributed by atoms with van der Waals surface area (Å²) in [7, 11) is 0. The monoisotopic (exact) mass is 324 g/mol. The third-order valence-electron chi connectivity index (χ3n) is 4.38. The summed E-state index contributed by atoms with van der Waals surface area (Å²) in [6, 6.07) is 11.5. The Kier molecular flexibility index (Phi) is 4.51. The molecule has 0 saturated heterocycles. The van der Waals surface area contributed by atoms with E-state index in [0.29, 0.717) is 11.6 Å². The highest BCUT2D eigenvalue weighted by Gasteiger charge is 2.29. The molecule has 5 nitrogen and oxygen atoms in total. The van der Waals surface area contributed by atoms with Crippen molar-refractivity contribution >= 4 is 11.6 Å². The van der Waals surface area contributed by atoms with E-state index in [2.05, 4.69) is 41.5 Å². The number of hydrogen-bond acceptors (Lipinski definition) is 3. The van der Waals surface area contributed by atoms with Gasteiger partial charge in [-0.3, -0.25) is 9.89 Å². The summed E-state index contributed by atoms with van der Waals surface area (Å²) in [4.78, 5) is 12.3. The van der Waals surface area contributed by atoms with Crippen LogP contribution in [0.4, 0.5) is 0 Å². The molecule has 1 heterocycles. The van der Waals surface area contributed by atoms with Crippen molar-refractivity contribution in [1.29, 1.82) is 0 Å². The zero-order valence-corrected chi connectivity index (χ0v) is 14.5. The van der Waals surface area contributed by atoms with E-state index in [1.807, 2.05) is 30.3 Å². The Bertz CT molecular complexity index is 746. The van der Waals surface area contributed by atoms with Gasteiger partial charge in [0.1, 0.15) is 5.69 Å². The second-order valence-electron chi connectivity index (χ2n) is 7.51. The first-order valence-electron chi connectivity index (χ1n) is 8.39. The lowest BCUT2D eigenvalue weighted by atomic mass is 9.72. The largest absolute Gasteiger partial charge is 0.289 e. The molecule has 1 aliphatic rings. The van der Waals surface area contributed by atoms with E-state index < -0.39 is 0 Å². The van der Waals surface area contributed by atoms with E-state index in [-0.39, 0.29) is 11.3 Å². The molecule has 126 valence electrons. The normalized spacial score (nSPS) is 21.6. The van der Waals surface area contributed by atoms with Crippen LogP contribution in [0, 0.1) is 11.3 Å². The number of carbonyl (C=O) groups excluding carboxylic acids is 1. The number of nitrogens with zero attached hydrogens (tertiary/aromatic N) is 2. The highest BCUT2D eigenvalue weighted by molar-refractivity contribution is 5.95. The molecule has 1 aromatic carbocycles. The maximum atomic E-state index is 12.3. The molecule has 1 aromatic heterocycles. The topological polar surface area (TPSA) is 70.1 Å². The summed E-state index contributed by atoms with van der Waals surface area (Å²) in [6.07, 6.45) is 3.07. The molecule has 1 saturated carbocycles. The Hall–Kier alpha value is -2.43. The van der Waals surface area contributed by atoms with Crippen LogP contribution in [0.5, 0.6) is 0 Å². The van der Waals surface area contributed by atoms with Crippen molar-refractivity contribution in [2.75, 3.05) is 0 Å². The van der Waals surface area contributed by atoms with Gasteiger partial charge in [0.05, 0.1) is 5.69 Å². The minimum absolute atomic E-state index is 0.246. The summed E-state index contributed by atoms with van der Waals surface area (Å²) < 4.78 is 0. The number of aromatic amines is 1. The molecule has 2 N–H and O–H groups in total. The van der Waals surface area contributed by atoms with Crippen LogP contribution in [-0.2, 0) is 0 Å². The predicted molar refractivity (Wildman–Crippen MR) is 95.7 cm³/mol. The van der Waals surface area contributed by atoms with Crippen molar-refractivity contribution in [3.8, 4) is 11.3 Å². The Morgan fingerprint density at radius 3 is 2.79 bits per heavy atom. The van der Waals surface area contributed by atoms with Crippen LogP contribution < -0.4 is 5.43 Å². The minimum Gasteiger partial charge on any atom is -0.272 e. The summed E-state index contributed by atoms with van der Waals surface area (Å²) in [6.45, 7) is 6.74. The van der Waals surface area contributed by atoms with Crippen LogP contribution in [0.15, 0.2) is 41.5 Å². The number of carbonyl (C=O) groups is 1. The number of hydrogen-bond donors (Lipinski definition) is 2. The van der Waals surface area contributed by atoms with Crippen LogP contribution in [0.3, 0.4) is 0 Å². The van der Waals surface area contributed by atoms with Gasteiger partial charge in [-0.25, -0.2) is 5.43 Å². The minimum atomic E-state index is -0.256. The second-order valence-corrected chi connectivity index (χ2v) is 7.51. The lowest BCUT2D eigenvalue weighted by Gasteiger charge is -2.34. The Morgan fingerprint density at radius 2 is 2.08 bits per heavy atom. The number of H-pyrrole nitrogens is 1. The number of amides is 1. The van der Waals surface area contributed by atoms with E-state index in [0.717, 1.165) is 29.8 Å². The van der Waals surface area contributed by atoms with E-state index in [4.69, 9.17) is 0 Å². The molecular formula is C19H24N4O. The fourth-order valence-electron chi connectivity index (χ4n) is 3.58. The van der Waals surface area contributed by atoms with Gasteiger partial charge in [0.25, 0.3) is 5.91 Å². The summed E-state index contributed by atoms with van der Waals surface area (Å²) >= 11 is 0. The van der Waals surface area contributed by atoms with Crippen molar-refractivity contribution in [3.63, 3.8) is 0 Å². The number of aromatic nitrogens is 2. The van der Waals surface area contributed by atoms with E-state index in [1.165, 1.54) is 6.42 Å². The molecule has 0 spiro atoms. The molecule has 24 heavy (non-hydrogen) atoms. The molecule has 5 heteroatoms. The van der Waals surface area contributed by atoms with Gasteiger partial charge in [-0.15, -0.1) is 0 Å². The molecule has 1 fully saturated rings. The van der Waals surface area contributed by atoms with Gasteiger partial charge in [0, 0.05) is 11.3 Å². The van der Waals surface area contributed by atoms with Crippen LogP contribution in [0.25, 0.3) is 11.3 Å². The van der Waals surface area contributed by atoms with E-state index in [9.17, 15) is 4.79 Å². The molecule has 0 bridgehead atoms. The first-order chi connectivity index (χ1) is 11.4. The van der Waals surface area contributed by atoms with Crippen molar-refractivity contribution in [3.05, 3.63) is 42.1 Å². The summed E-state index contributed by atoms with van der Waals surface area (Å²) in [5.74, 6) is 0.342. The Balaban J connectivity index is 1.67. The Morgan fingerprint density at radius 1 is 1.33 bits per heavy atom. The highest BCUT2D eigenvalue weighted by Crippen LogP contribution is 2.36. The van der Waals surface area contributed by atoms with Crippen molar-refractivity contribution in [1.82, 2.24) is 15.6 Å². The van der Waals surface area contributed by atoms with Crippen LogP contribution in [0.2, 0.25) is 0 Å². The molecule has 0 radical (unpaired) electrons. The van der Waals surface area contributed by atoms with Gasteiger partial charge in [0.2, 0.25) is 0 Å². The molecule has 1 unspecified atom stereocenters. The van der Waals surface area contributed by atoms with Crippen molar-refractivity contribution in [2.45, 2.75) is 40.0 Å². The molecule has 3 rings (SSSR count). The van der Waals surface area contributed by atoms with Crippen LogP contribution in [-0.4, -0.2) is 21.8 Å². The molecule has 2 aromatic rings. The lowest BCUT2D eigenvalue weighted by molar-refractivity contribution is 0.0949. The average molecular weight is 324 g/mol. The third-order valence-corrected chi connectivity index (χ3v) is 4.38. The zero-order valence-electron chi connectivity index (χ0n) is 14.5. The average Bonchev–Trinajstić information content (AvgIpc) is 3.01. The number of rotatable bonds is 3. The third kappa shape index (κ3) is 3.91. The SMILES string of the molecule is CC1CC(=NNC(=O)c2cc(-c3ccccc3)n[nH]2)CC(C)(C)C1. The summed E-state index contributed by atoms with van der Waals surface area (Å²) in [5.41, 5.74) is 6.12. The van der Waals surface area contributed by atoms with Gasteiger partial charge >= 0.3 is 0 Å². The molecular weight excluding hydrogens is 300 g/mol. The van der Waals surface area contributed by atoms with Gasteiger partial charge in [-0.2, -0.15) is 10.2 Å². The fourth-order valence-corrected chi connectivity index (χ4v) is 3.58. The number of hydrazone groups is 1. The van der Waals surface area contributed by atoms with Crippen LogP contribution >= 0.6 is 0 Å². The van der Waals surface area contributed by atoms with Gasteiger partial charge in [0.15, 0.2) is 0 Å². The second kappa shape index (κ2) is 6.59. The molecule has 1 aliphatic carbocycles. The highest BCUT2D eigenvalue weighted by atomic mass is 16.2. The van der Waals surface area contributed by atoms with Crippen molar-refractivity contribution < 1.29 is 4.79 Å². The van der Waals surface area contributed by atoms with Crippen LogP contribution in [0.1, 0.15) is 50.5 Å². The molecule has 0 aliphatic heterocycles. The molecule has 1 atom stereocenters. The van der Waals surface area contributed by atoms with Crippen molar-refractivity contribution in [2.24, 2.45) is 16.4 Å². The Labute approximate surface area is 142 Å². The maximum Gasteiger partial charge on any atom is 0.289 e. The standard InChI is InChI=1S/C19H24N4O/c1-13-9-15(12-19(2,3)11-13)20-23-18(24)17-10-16(21-22-17)14-7-5-4-6-8-14/h4-8,10,13H,9,11-12H2,1-3H3,(H,21,22)(H,23,24). The van der Waals surface area contributed by atoms with Gasteiger partial charge < -0.3 is 0 Å². The zero-order chi connectivity index (χ0) is 17.2. The van der Waals surface area contributed by atoms with Gasteiger partial charge in [-0.05, 0) is 36.7 Å². The predicted octanol–water partition coefficient (Wildman–Crippen LogP) is 4.01. The number of nitrogens with one attached hydrogen (secondary N) is 2. The van der Waals surface area contributed by atoms with E-state index >= 15 is 0 Å². The molecule has 1 amide bonds. The smallest absolute Gasteiger partial charge is 0.272 e. The maximum absolute atomic E-state index is 12.3. The first kappa shape index (κ1) is 16.4. The van der Waals surface area contributed by atoms with E-state index in [1.54, 1.807) is 6.07 Å².